The lowest BCUT2D eigenvalue weighted by atomic mass is 9.93. The highest BCUT2D eigenvalue weighted by Crippen LogP contribution is 2.46. The second kappa shape index (κ2) is 6.16. The van der Waals surface area contributed by atoms with E-state index in [9.17, 15) is 0 Å². The zero-order valence-electron chi connectivity index (χ0n) is 14.9. The summed E-state index contributed by atoms with van der Waals surface area (Å²) in [7, 11) is 0. The largest absolute Gasteiger partial charge is 0.134 e. The van der Waals surface area contributed by atoms with Crippen LogP contribution < -0.4 is 0 Å². The molecule has 0 aliphatic rings. The van der Waals surface area contributed by atoms with E-state index in [1.54, 1.807) is 0 Å². The SMILES string of the molecule is Brc1ccc(-c2c3ccccc3cc3sc4c5ccccc5ccc4c23)cc1. The van der Waals surface area contributed by atoms with Crippen LogP contribution in [0.5, 0.6) is 0 Å². The normalized spacial score (nSPS) is 11.8. The first-order chi connectivity index (χ1) is 13.8. The smallest absolute Gasteiger partial charge is 0.0434 e. The van der Waals surface area contributed by atoms with Crippen LogP contribution in [-0.2, 0) is 0 Å². The van der Waals surface area contributed by atoms with Gasteiger partial charge in [0.25, 0.3) is 0 Å². The molecule has 0 fully saturated rings. The van der Waals surface area contributed by atoms with Crippen LogP contribution >= 0.6 is 27.3 Å². The van der Waals surface area contributed by atoms with E-state index >= 15 is 0 Å². The van der Waals surface area contributed by atoms with Gasteiger partial charge < -0.3 is 0 Å². The predicted molar refractivity (Wildman–Crippen MR) is 127 cm³/mol. The van der Waals surface area contributed by atoms with E-state index in [0.29, 0.717) is 0 Å². The Morgan fingerprint density at radius 3 is 2.14 bits per heavy atom. The summed E-state index contributed by atoms with van der Waals surface area (Å²) >= 11 is 5.49. The van der Waals surface area contributed by atoms with E-state index in [-0.39, 0.29) is 0 Å². The van der Waals surface area contributed by atoms with E-state index in [1.807, 2.05) is 11.3 Å². The molecule has 132 valence electrons. The highest BCUT2D eigenvalue weighted by atomic mass is 79.9. The van der Waals surface area contributed by atoms with Crippen LogP contribution in [0.2, 0.25) is 0 Å². The number of fused-ring (bicyclic) bond motifs is 6. The fourth-order valence-corrected chi connectivity index (χ4v) is 5.81. The van der Waals surface area contributed by atoms with Crippen LogP contribution in [-0.4, -0.2) is 0 Å². The number of hydrogen-bond donors (Lipinski definition) is 0. The van der Waals surface area contributed by atoms with Crippen molar-refractivity contribution >= 4 is 69.0 Å². The Kier molecular flexibility index (Phi) is 3.59. The third kappa shape index (κ3) is 2.35. The molecule has 0 unspecified atom stereocenters. The Hall–Kier alpha value is -2.68. The fourth-order valence-electron chi connectivity index (χ4n) is 4.25. The third-order valence-electron chi connectivity index (χ3n) is 5.51. The molecule has 0 nitrogen and oxygen atoms in total. The average molecular weight is 439 g/mol. The van der Waals surface area contributed by atoms with Crippen molar-refractivity contribution in [3.8, 4) is 11.1 Å². The molecule has 0 saturated carbocycles. The van der Waals surface area contributed by atoms with Crippen molar-refractivity contribution in [3.63, 3.8) is 0 Å². The molecule has 0 atom stereocenters. The fraction of sp³-hybridized carbons (Fsp3) is 0. The highest BCUT2D eigenvalue weighted by Gasteiger charge is 2.16. The van der Waals surface area contributed by atoms with Crippen molar-refractivity contribution in [2.75, 3.05) is 0 Å². The van der Waals surface area contributed by atoms with E-state index < -0.39 is 0 Å². The van der Waals surface area contributed by atoms with Crippen molar-refractivity contribution < 1.29 is 0 Å². The minimum atomic E-state index is 1.11. The van der Waals surface area contributed by atoms with Crippen molar-refractivity contribution in [1.82, 2.24) is 0 Å². The molecule has 0 aliphatic carbocycles. The van der Waals surface area contributed by atoms with E-state index in [1.165, 1.54) is 52.8 Å². The average Bonchev–Trinajstić information content (AvgIpc) is 3.11. The maximum Gasteiger partial charge on any atom is 0.0434 e. The predicted octanol–water partition coefficient (Wildman–Crippen LogP) is 8.79. The van der Waals surface area contributed by atoms with Gasteiger partial charge in [-0.15, -0.1) is 11.3 Å². The molecular weight excluding hydrogens is 424 g/mol. The monoisotopic (exact) mass is 438 g/mol. The van der Waals surface area contributed by atoms with Gasteiger partial charge in [0.2, 0.25) is 0 Å². The molecule has 1 aromatic heterocycles. The van der Waals surface area contributed by atoms with Crippen molar-refractivity contribution in [2.24, 2.45) is 0 Å². The Morgan fingerprint density at radius 2 is 1.32 bits per heavy atom. The molecule has 0 amide bonds. The summed E-state index contributed by atoms with van der Waals surface area (Å²) in [5.74, 6) is 0. The van der Waals surface area contributed by atoms with E-state index in [4.69, 9.17) is 0 Å². The van der Waals surface area contributed by atoms with Crippen molar-refractivity contribution in [1.29, 1.82) is 0 Å². The summed E-state index contributed by atoms with van der Waals surface area (Å²) in [4.78, 5) is 0. The first-order valence-electron chi connectivity index (χ1n) is 9.31. The molecule has 0 radical (unpaired) electrons. The van der Waals surface area contributed by atoms with Crippen LogP contribution in [0.25, 0.3) is 52.8 Å². The van der Waals surface area contributed by atoms with Crippen LogP contribution in [0.15, 0.2) is 95.5 Å². The quantitative estimate of drug-likeness (QED) is 0.240. The van der Waals surface area contributed by atoms with Gasteiger partial charge in [-0.2, -0.15) is 0 Å². The molecule has 0 aliphatic heterocycles. The molecule has 6 rings (SSSR count). The molecule has 6 aromatic rings. The number of halogens is 1. The molecule has 5 aromatic carbocycles. The Labute approximate surface area is 175 Å². The molecule has 1 heterocycles. The molecule has 0 spiro atoms. The van der Waals surface area contributed by atoms with Crippen molar-refractivity contribution in [3.05, 3.63) is 95.5 Å². The number of benzene rings is 5. The van der Waals surface area contributed by atoms with Crippen molar-refractivity contribution in [2.45, 2.75) is 0 Å². The molecule has 2 heteroatoms. The summed E-state index contributed by atoms with van der Waals surface area (Å²) in [6.45, 7) is 0. The van der Waals surface area contributed by atoms with Gasteiger partial charge in [0.05, 0.1) is 0 Å². The molecular formula is C26H15BrS. The van der Waals surface area contributed by atoms with Crippen LogP contribution in [0.1, 0.15) is 0 Å². The summed E-state index contributed by atoms with van der Waals surface area (Å²) < 4.78 is 3.83. The van der Waals surface area contributed by atoms with Gasteiger partial charge in [0.1, 0.15) is 0 Å². The maximum absolute atomic E-state index is 3.58. The molecule has 0 bridgehead atoms. The van der Waals surface area contributed by atoms with Crippen LogP contribution in [0.4, 0.5) is 0 Å². The molecule has 0 saturated heterocycles. The van der Waals surface area contributed by atoms with Gasteiger partial charge in [-0.1, -0.05) is 88.7 Å². The van der Waals surface area contributed by atoms with Crippen LogP contribution in [0, 0.1) is 0 Å². The first-order valence-corrected chi connectivity index (χ1v) is 10.9. The second-order valence-corrected chi connectivity index (χ2v) is 9.09. The topological polar surface area (TPSA) is 0 Å². The maximum atomic E-state index is 3.58. The van der Waals surface area contributed by atoms with E-state index in [0.717, 1.165) is 4.47 Å². The number of hydrogen-bond acceptors (Lipinski definition) is 1. The zero-order chi connectivity index (χ0) is 18.7. The lowest BCUT2D eigenvalue weighted by Crippen LogP contribution is -1.84. The van der Waals surface area contributed by atoms with Gasteiger partial charge in [-0.25, -0.2) is 0 Å². The standard InChI is InChI=1S/C26H15BrS/c27-19-12-9-17(10-13-19)24-20-7-3-2-6-18(20)15-23-25(24)22-14-11-16-5-1-4-8-21(16)26(22)28-23/h1-15H. The molecule has 28 heavy (non-hydrogen) atoms. The van der Waals surface area contributed by atoms with Gasteiger partial charge in [-0.3, -0.25) is 0 Å². The number of rotatable bonds is 1. The van der Waals surface area contributed by atoms with Gasteiger partial charge in [0, 0.05) is 24.6 Å². The summed E-state index contributed by atoms with van der Waals surface area (Å²) in [5, 5.41) is 7.96. The zero-order valence-corrected chi connectivity index (χ0v) is 17.3. The third-order valence-corrected chi connectivity index (χ3v) is 7.22. The Bertz CT molecular complexity index is 1510. The first kappa shape index (κ1) is 16.3. The van der Waals surface area contributed by atoms with Gasteiger partial charge in [-0.05, 0) is 50.9 Å². The lowest BCUT2D eigenvalue weighted by molar-refractivity contribution is 1.64. The lowest BCUT2D eigenvalue weighted by Gasteiger charge is -2.10. The minimum absolute atomic E-state index is 1.11. The number of thiophene rings is 1. The summed E-state index contributed by atoms with van der Waals surface area (Å²) in [5.41, 5.74) is 2.60. The van der Waals surface area contributed by atoms with Crippen LogP contribution in [0.3, 0.4) is 0 Å². The summed E-state index contributed by atoms with van der Waals surface area (Å²) in [6, 6.07) is 33.0. The Balaban J connectivity index is 1.87. The van der Waals surface area contributed by atoms with Gasteiger partial charge in [0.15, 0.2) is 0 Å². The molecule has 0 N–H and O–H groups in total. The Morgan fingerprint density at radius 1 is 0.607 bits per heavy atom. The highest BCUT2D eigenvalue weighted by molar-refractivity contribution is 9.10. The second-order valence-electron chi connectivity index (χ2n) is 7.12. The van der Waals surface area contributed by atoms with Gasteiger partial charge >= 0.3 is 0 Å². The van der Waals surface area contributed by atoms with E-state index in [2.05, 4.69) is 107 Å². The minimum Gasteiger partial charge on any atom is -0.134 e. The summed E-state index contributed by atoms with van der Waals surface area (Å²) in [6.07, 6.45) is 0.